The molecular weight excluding hydrogens is 246 g/mol. The molecule has 96 valence electrons. The Morgan fingerprint density at radius 1 is 0.800 bits per heavy atom. The lowest BCUT2D eigenvalue weighted by atomic mass is 10.1. The van der Waals surface area contributed by atoms with Crippen LogP contribution in [-0.2, 0) is 7.05 Å². The van der Waals surface area contributed by atoms with Crippen LogP contribution in [0.3, 0.4) is 0 Å². The number of fused-ring (bicyclic) bond motifs is 3. The molecule has 0 bridgehead atoms. The quantitative estimate of drug-likeness (QED) is 0.520. The Balaban J connectivity index is 2.19. The Labute approximate surface area is 116 Å². The van der Waals surface area contributed by atoms with Crippen LogP contribution in [0.15, 0.2) is 60.9 Å². The van der Waals surface area contributed by atoms with Crippen LogP contribution in [0, 0.1) is 0 Å². The van der Waals surface area contributed by atoms with E-state index in [-0.39, 0.29) is 0 Å². The Morgan fingerprint density at radius 2 is 1.65 bits per heavy atom. The molecule has 0 aliphatic heterocycles. The van der Waals surface area contributed by atoms with E-state index in [9.17, 15) is 0 Å². The summed E-state index contributed by atoms with van der Waals surface area (Å²) in [5, 5.41) is 2.48. The van der Waals surface area contributed by atoms with Crippen LogP contribution in [0.1, 0.15) is 0 Å². The lowest BCUT2D eigenvalue weighted by Gasteiger charge is -2.04. The van der Waals surface area contributed by atoms with Gasteiger partial charge in [0.15, 0.2) is 0 Å². The highest BCUT2D eigenvalue weighted by atomic mass is 15.0. The average Bonchev–Trinajstić information content (AvgIpc) is 2.82. The maximum absolute atomic E-state index is 4.55. The first kappa shape index (κ1) is 11.2. The van der Waals surface area contributed by atoms with Gasteiger partial charge in [0.1, 0.15) is 5.69 Å². The fourth-order valence-corrected chi connectivity index (χ4v) is 2.82. The van der Waals surface area contributed by atoms with Crippen molar-refractivity contribution in [3.63, 3.8) is 0 Å². The number of rotatable bonds is 1. The van der Waals surface area contributed by atoms with Gasteiger partial charge in [0.05, 0.1) is 11.2 Å². The van der Waals surface area contributed by atoms with E-state index in [1.807, 2.05) is 24.4 Å². The molecular formula is C17H13N3. The van der Waals surface area contributed by atoms with Crippen molar-refractivity contribution in [1.29, 1.82) is 0 Å². The van der Waals surface area contributed by atoms with Crippen molar-refractivity contribution in [2.24, 2.45) is 7.05 Å². The Hall–Kier alpha value is -2.68. The minimum absolute atomic E-state index is 0.906. The smallest absolute Gasteiger partial charge is 0.113 e. The molecule has 0 fully saturated rings. The normalized spacial score (nSPS) is 11.2. The molecule has 0 saturated carbocycles. The zero-order valence-electron chi connectivity index (χ0n) is 11.1. The van der Waals surface area contributed by atoms with Gasteiger partial charge in [-0.25, -0.2) is 0 Å². The predicted molar refractivity (Wildman–Crippen MR) is 81.5 cm³/mol. The number of hydrogen-bond acceptors (Lipinski definition) is 2. The van der Waals surface area contributed by atoms with Crippen LogP contribution >= 0.6 is 0 Å². The van der Waals surface area contributed by atoms with Gasteiger partial charge >= 0.3 is 0 Å². The van der Waals surface area contributed by atoms with Crippen molar-refractivity contribution >= 4 is 21.8 Å². The zero-order valence-corrected chi connectivity index (χ0v) is 11.1. The van der Waals surface area contributed by atoms with Crippen LogP contribution in [0.2, 0.25) is 0 Å². The van der Waals surface area contributed by atoms with Crippen LogP contribution in [0.25, 0.3) is 33.2 Å². The molecule has 0 atom stereocenters. The topological polar surface area (TPSA) is 30.7 Å². The highest BCUT2D eigenvalue weighted by molar-refractivity contribution is 6.11. The highest BCUT2D eigenvalue weighted by Crippen LogP contribution is 2.32. The van der Waals surface area contributed by atoms with Crippen molar-refractivity contribution < 1.29 is 0 Å². The van der Waals surface area contributed by atoms with Gasteiger partial charge in [0, 0.05) is 35.7 Å². The Morgan fingerprint density at radius 3 is 2.50 bits per heavy atom. The number of nitrogens with zero attached hydrogens (tertiary/aromatic N) is 3. The monoisotopic (exact) mass is 259 g/mol. The van der Waals surface area contributed by atoms with E-state index in [0.717, 1.165) is 16.9 Å². The lowest BCUT2D eigenvalue weighted by molar-refractivity contribution is 1.01. The maximum atomic E-state index is 4.55. The molecule has 0 spiro atoms. The molecule has 0 radical (unpaired) electrons. The van der Waals surface area contributed by atoms with Gasteiger partial charge in [-0.1, -0.05) is 24.3 Å². The average molecular weight is 259 g/mol. The molecule has 0 aliphatic rings. The summed E-state index contributed by atoms with van der Waals surface area (Å²) in [5.74, 6) is 0. The van der Waals surface area contributed by atoms with Gasteiger partial charge in [0.2, 0.25) is 0 Å². The molecule has 3 heteroatoms. The number of hydrogen-bond donors (Lipinski definition) is 0. The van der Waals surface area contributed by atoms with Gasteiger partial charge in [-0.15, -0.1) is 0 Å². The molecule has 20 heavy (non-hydrogen) atoms. The summed E-state index contributed by atoms with van der Waals surface area (Å²) in [6.07, 6.45) is 3.66. The number of para-hydroxylation sites is 1. The van der Waals surface area contributed by atoms with E-state index in [1.54, 1.807) is 6.20 Å². The summed E-state index contributed by atoms with van der Waals surface area (Å²) < 4.78 is 2.20. The summed E-state index contributed by atoms with van der Waals surface area (Å²) in [5.41, 5.74) is 4.19. The molecule has 0 aliphatic carbocycles. The van der Waals surface area contributed by atoms with Crippen molar-refractivity contribution in [2.45, 2.75) is 0 Å². The van der Waals surface area contributed by atoms with E-state index < -0.39 is 0 Å². The van der Waals surface area contributed by atoms with Crippen LogP contribution in [-0.4, -0.2) is 14.5 Å². The van der Waals surface area contributed by atoms with E-state index in [1.165, 1.54) is 16.3 Å². The predicted octanol–water partition coefficient (Wildman–Crippen LogP) is 3.79. The van der Waals surface area contributed by atoms with Crippen molar-refractivity contribution in [2.75, 3.05) is 0 Å². The van der Waals surface area contributed by atoms with Gasteiger partial charge in [-0.3, -0.25) is 9.97 Å². The van der Waals surface area contributed by atoms with Crippen LogP contribution in [0.5, 0.6) is 0 Å². The summed E-state index contributed by atoms with van der Waals surface area (Å²) in [4.78, 5) is 8.98. The van der Waals surface area contributed by atoms with Crippen LogP contribution < -0.4 is 0 Å². The molecule has 3 nitrogen and oxygen atoms in total. The third kappa shape index (κ3) is 1.46. The second-order valence-electron chi connectivity index (χ2n) is 4.85. The van der Waals surface area contributed by atoms with Crippen molar-refractivity contribution in [1.82, 2.24) is 14.5 Å². The number of aromatic nitrogens is 3. The molecule has 3 aromatic heterocycles. The number of aryl methyl sites for hydroxylation is 1. The number of pyridine rings is 2. The second-order valence-corrected chi connectivity index (χ2v) is 4.85. The van der Waals surface area contributed by atoms with Gasteiger partial charge < -0.3 is 4.57 Å². The largest absolute Gasteiger partial charge is 0.342 e. The third-order valence-corrected chi connectivity index (χ3v) is 3.72. The summed E-state index contributed by atoms with van der Waals surface area (Å²) in [6, 6.07) is 16.4. The van der Waals surface area contributed by atoms with E-state index in [2.05, 4.69) is 51.9 Å². The van der Waals surface area contributed by atoms with Crippen molar-refractivity contribution in [3.05, 3.63) is 60.9 Å². The molecule has 0 N–H and O–H groups in total. The van der Waals surface area contributed by atoms with Gasteiger partial charge in [-0.05, 0) is 24.3 Å². The fraction of sp³-hybridized carbons (Fsp3) is 0.0588. The van der Waals surface area contributed by atoms with E-state index >= 15 is 0 Å². The first-order valence-electron chi connectivity index (χ1n) is 6.60. The fourth-order valence-electron chi connectivity index (χ4n) is 2.82. The summed E-state index contributed by atoms with van der Waals surface area (Å²) in [7, 11) is 2.08. The first-order chi connectivity index (χ1) is 9.86. The summed E-state index contributed by atoms with van der Waals surface area (Å²) in [6.45, 7) is 0. The minimum Gasteiger partial charge on any atom is -0.342 e. The standard InChI is InChI=1S/C17H13N3/c1-20-15-8-3-2-6-12(15)13-9-11-19-16(17(13)20)14-7-4-5-10-18-14/h2-11H,1H3. The Bertz CT molecular complexity index is 907. The highest BCUT2D eigenvalue weighted by Gasteiger charge is 2.13. The van der Waals surface area contributed by atoms with Gasteiger partial charge in [0.25, 0.3) is 0 Å². The lowest BCUT2D eigenvalue weighted by Crippen LogP contribution is -1.93. The molecule has 3 heterocycles. The number of benzene rings is 1. The molecule has 0 unspecified atom stereocenters. The zero-order chi connectivity index (χ0) is 13.5. The molecule has 4 aromatic rings. The van der Waals surface area contributed by atoms with E-state index in [0.29, 0.717) is 0 Å². The SMILES string of the molecule is Cn1c2ccccc2c2ccnc(-c3ccccn3)c21. The summed E-state index contributed by atoms with van der Waals surface area (Å²) >= 11 is 0. The molecule has 4 rings (SSSR count). The maximum Gasteiger partial charge on any atom is 0.113 e. The molecule has 0 saturated heterocycles. The van der Waals surface area contributed by atoms with Gasteiger partial charge in [-0.2, -0.15) is 0 Å². The van der Waals surface area contributed by atoms with Crippen LogP contribution in [0.4, 0.5) is 0 Å². The first-order valence-corrected chi connectivity index (χ1v) is 6.60. The molecule has 1 aromatic carbocycles. The third-order valence-electron chi connectivity index (χ3n) is 3.72. The molecule has 0 amide bonds. The van der Waals surface area contributed by atoms with Crippen molar-refractivity contribution in [3.8, 4) is 11.4 Å². The van der Waals surface area contributed by atoms with E-state index in [4.69, 9.17) is 0 Å². The minimum atomic E-state index is 0.906. The second kappa shape index (κ2) is 4.17. The Kier molecular flexibility index (Phi) is 2.33.